The lowest BCUT2D eigenvalue weighted by Gasteiger charge is -2.32. The first-order valence-electron chi connectivity index (χ1n) is 6.01. The van der Waals surface area contributed by atoms with Crippen molar-refractivity contribution in [3.8, 4) is 0 Å². The van der Waals surface area contributed by atoms with Gasteiger partial charge in [-0.15, -0.1) is 0 Å². The van der Waals surface area contributed by atoms with Gasteiger partial charge in [0.1, 0.15) is 10.3 Å². The van der Waals surface area contributed by atoms with E-state index in [4.69, 9.17) is 4.74 Å². The average Bonchev–Trinajstić information content (AvgIpc) is 2.41. The molecule has 1 aliphatic heterocycles. The summed E-state index contributed by atoms with van der Waals surface area (Å²) < 4.78 is 6.09. The summed E-state index contributed by atoms with van der Waals surface area (Å²) in [6.45, 7) is 6.47. The zero-order chi connectivity index (χ0) is 13.0. The average molecular weight is 317 g/mol. The highest BCUT2D eigenvalue weighted by molar-refractivity contribution is 9.10. The number of aromatic amines is 1. The highest BCUT2D eigenvalue weighted by atomic mass is 79.9. The van der Waals surface area contributed by atoms with Crippen LogP contribution in [-0.4, -0.2) is 53.8 Å². The summed E-state index contributed by atoms with van der Waals surface area (Å²) in [6, 6.07) is 0. The Balaban J connectivity index is 1.91. The van der Waals surface area contributed by atoms with Crippen molar-refractivity contribution in [2.45, 2.75) is 13.0 Å². The molecule has 2 rings (SSSR count). The fourth-order valence-electron chi connectivity index (χ4n) is 1.91. The molecule has 18 heavy (non-hydrogen) atoms. The molecule has 0 aromatic carbocycles. The zero-order valence-corrected chi connectivity index (χ0v) is 11.9. The number of halogens is 1. The number of hydrogen-bond acceptors (Lipinski definition) is 5. The van der Waals surface area contributed by atoms with E-state index in [2.05, 4.69) is 43.0 Å². The number of nitrogens with one attached hydrogen (secondary N) is 2. The second-order valence-electron chi connectivity index (χ2n) is 4.16. The van der Waals surface area contributed by atoms with E-state index < -0.39 is 0 Å². The summed E-state index contributed by atoms with van der Waals surface area (Å²) in [5.41, 5.74) is -0.188. The number of nitrogens with zero attached hydrogens (tertiary/aromatic N) is 2. The maximum absolute atomic E-state index is 11.4. The van der Waals surface area contributed by atoms with Crippen molar-refractivity contribution < 1.29 is 4.74 Å². The van der Waals surface area contributed by atoms with Crippen LogP contribution in [0.2, 0.25) is 0 Å². The minimum Gasteiger partial charge on any atom is -0.374 e. The SMILES string of the molecule is CCN1CCOC(CNc2nc[nH]c(=O)c2Br)C1. The Morgan fingerprint density at radius 2 is 2.56 bits per heavy atom. The fraction of sp³-hybridized carbons (Fsp3) is 0.636. The maximum Gasteiger partial charge on any atom is 0.267 e. The van der Waals surface area contributed by atoms with E-state index in [0.29, 0.717) is 16.8 Å². The number of aromatic nitrogens is 2. The summed E-state index contributed by atoms with van der Waals surface area (Å²) in [6.07, 6.45) is 1.52. The van der Waals surface area contributed by atoms with Gasteiger partial charge in [0.2, 0.25) is 0 Å². The molecule has 1 atom stereocenters. The third kappa shape index (κ3) is 3.30. The van der Waals surface area contributed by atoms with E-state index >= 15 is 0 Å². The standard InChI is InChI=1S/C11H17BrN4O2/c1-2-16-3-4-18-8(6-16)5-13-10-9(12)11(17)15-7-14-10/h7-8H,2-6H2,1H3,(H2,13,14,15,17). The molecule has 0 amide bonds. The molecular weight excluding hydrogens is 300 g/mol. The monoisotopic (exact) mass is 316 g/mol. The lowest BCUT2D eigenvalue weighted by molar-refractivity contribution is -0.0192. The first-order valence-corrected chi connectivity index (χ1v) is 6.81. The Bertz CT molecular complexity index is 451. The molecule has 0 spiro atoms. The summed E-state index contributed by atoms with van der Waals surface area (Å²) >= 11 is 3.21. The molecule has 0 aliphatic carbocycles. The summed E-state index contributed by atoms with van der Waals surface area (Å²) in [4.78, 5) is 20.3. The van der Waals surface area contributed by atoms with E-state index in [1.165, 1.54) is 6.33 Å². The number of anilines is 1. The Labute approximate surface area is 114 Å². The van der Waals surface area contributed by atoms with Gasteiger partial charge >= 0.3 is 0 Å². The van der Waals surface area contributed by atoms with Crippen LogP contribution in [-0.2, 0) is 4.74 Å². The van der Waals surface area contributed by atoms with Gasteiger partial charge in [-0.1, -0.05) is 6.92 Å². The predicted molar refractivity (Wildman–Crippen MR) is 72.9 cm³/mol. The van der Waals surface area contributed by atoms with E-state index in [9.17, 15) is 4.79 Å². The normalized spacial score (nSPS) is 20.9. The maximum atomic E-state index is 11.4. The van der Waals surface area contributed by atoms with Crippen LogP contribution in [0.25, 0.3) is 0 Å². The minimum atomic E-state index is -0.188. The molecule has 1 saturated heterocycles. The molecular formula is C11H17BrN4O2. The summed E-state index contributed by atoms with van der Waals surface area (Å²) in [5, 5.41) is 3.14. The van der Waals surface area contributed by atoms with Crippen LogP contribution in [0.15, 0.2) is 15.6 Å². The van der Waals surface area contributed by atoms with Crippen LogP contribution in [0.1, 0.15) is 6.92 Å². The van der Waals surface area contributed by atoms with Gasteiger partial charge in [0.25, 0.3) is 5.56 Å². The van der Waals surface area contributed by atoms with Crippen LogP contribution < -0.4 is 10.9 Å². The van der Waals surface area contributed by atoms with Gasteiger partial charge in [-0.3, -0.25) is 9.69 Å². The van der Waals surface area contributed by atoms with E-state index in [0.717, 1.165) is 26.2 Å². The lowest BCUT2D eigenvalue weighted by atomic mass is 10.2. The predicted octanol–water partition coefficient (Wildman–Crippen LogP) is 0.665. The van der Waals surface area contributed by atoms with Crippen molar-refractivity contribution in [1.29, 1.82) is 0 Å². The number of H-pyrrole nitrogens is 1. The first kappa shape index (κ1) is 13.5. The van der Waals surface area contributed by atoms with Gasteiger partial charge in [-0.2, -0.15) is 0 Å². The molecule has 1 unspecified atom stereocenters. The number of likely N-dealkylation sites (N-methyl/N-ethyl adjacent to an activating group) is 1. The van der Waals surface area contributed by atoms with Crippen molar-refractivity contribution in [2.24, 2.45) is 0 Å². The van der Waals surface area contributed by atoms with E-state index in [1.54, 1.807) is 0 Å². The van der Waals surface area contributed by atoms with Crippen LogP contribution >= 0.6 is 15.9 Å². The Kier molecular flexibility index (Phi) is 4.73. The van der Waals surface area contributed by atoms with Crippen LogP contribution in [0.4, 0.5) is 5.82 Å². The van der Waals surface area contributed by atoms with Gasteiger partial charge in [0.05, 0.1) is 19.0 Å². The third-order valence-electron chi connectivity index (χ3n) is 2.96. The number of hydrogen-bond donors (Lipinski definition) is 2. The van der Waals surface area contributed by atoms with Crippen LogP contribution in [0.3, 0.4) is 0 Å². The molecule has 1 fully saturated rings. The zero-order valence-electron chi connectivity index (χ0n) is 10.3. The van der Waals surface area contributed by atoms with Crippen molar-refractivity contribution in [3.63, 3.8) is 0 Å². The fourth-order valence-corrected chi connectivity index (χ4v) is 2.26. The second kappa shape index (κ2) is 6.31. The highest BCUT2D eigenvalue weighted by Crippen LogP contribution is 2.14. The van der Waals surface area contributed by atoms with Gasteiger partial charge < -0.3 is 15.0 Å². The number of ether oxygens (including phenoxy) is 1. The van der Waals surface area contributed by atoms with Gasteiger partial charge in [-0.25, -0.2) is 4.98 Å². The molecule has 0 radical (unpaired) electrons. The smallest absolute Gasteiger partial charge is 0.267 e. The van der Waals surface area contributed by atoms with Crippen molar-refractivity contribution >= 4 is 21.7 Å². The summed E-state index contributed by atoms with van der Waals surface area (Å²) in [7, 11) is 0. The lowest BCUT2D eigenvalue weighted by Crippen LogP contribution is -2.45. The molecule has 1 aromatic rings. The Morgan fingerprint density at radius 3 is 3.33 bits per heavy atom. The van der Waals surface area contributed by atoms with Gasteiger partial charge in [0.15, 0.2) is 0 Å². The highest BCUT2D eigenvalue weighted by Gasteiger charge is 2.19. The molecule has 1 aromatic heterocycles. The van der Waals surface area contributed by atoms with Gasteiger partial charge in [0, 0.05) is 19.6 Å². The van der Waals surface area contributed by atoms with Crippen molar-refractivity contribution in [1.82, 2.24) is 14.9 Å². The topological polar surface area (TPSA) is 70.2 Å². The van der Waals surface area contributed by atoms with Crippen LogP contribution in [0, 0.1) is 0 Å². The second-order valence-corrected chi connectivity index (χ2v) is 4.95. The Morgan fingerprint density at radius 1 is 1.72 bits per heavy atom. The van der Waals surface area contributed by atoms with E-state index in [-0.39, 0.29) is 11.7 Å². The molecule has 7 heteroatoms. The summed E-state index contributed by atoms with van der Waals surface area (Å²) in [5.74, 6) is 0.552. The van der Waals surface area contributed by atoms with Crippen molar-refractivity contribution in [3.05, 3.63) is 21.2 Å². The molecule has 6 nitrogen and oxygen atoms in total. The molecule has 2 N–H and O–H groups in total. The van der Waals surface area contributed by atoms with Gasteiger partial charge in [-0.05, 0) is 22.5 Å². The number of rotatable bonds is 4. The molecule has 2 heterocycles. The largest absolute Gasteiger partial charge is 0.374 e. The van der Waals surface area contributed by atoms with E-state index in [1.807, 2.05) is 0 Å². The Hall–Kier alpha value is -0.920. The molecule has 0 saturated carbocycles. The number of morpholine rings is 1. The third-order valence-corrected chi connectivity index (χ3v) is 3.70. The van der Waals surface area contributed by atoms with Crippen molar-refractivity contribution in [2.75, 3.05) is 38.1 Å². The van der Waals surface area contributed by atoms with Crippen LogP contribution in [0.5, 0.6) is 0 Å². The molecule has 100 valence electrons. The first-order chi connectivity index (χ1) is 8.70. The minimum absolute atomic E-state index is 0.131. The molecule has 1 aliphatic rings. The quantitative estimate of drug-likeness (QED) is 0.854. The molecule has 0 bridgehead atoms.